The standard InChI is InChI=1S/C15H15F3N4/c1-10-4-6-19-14(21-10)11-5-7-22(9-11)13-3-2-12(8-20-13)15(16,17)18/h2-4,6,8,11H,5,7,9H2,1H3/t11-/m1/s1. The Bertz CT molecular complexity index is 655. The molecule has 2 aromatic rings. The molecule has 0 aromatic carbocycles. The second-order valence-electron chi connectivity index (χ2n) is 5.39. The van der Waals surface area contributed by atoms with E-state index in [0.29, 0.717) is 12.4 Å². The summed E-state index contributed by atoms with van der Waals surface area (Å²) in [5.74, 6) is 1.53. The van der Waals surface area contributed by atoms with Crippen molar-refractivity contribution < 1.29 is 13.2 Å². The molecule has 0 aliphatic carbocycles. The molecule has 22 heavy (non-hydrogen) atoms. The molecule has 116 valence electrons. The van der Waals surface area contributed by atoms with Crippen molar-refractivity contribution in [2.24, 2.45) is 0 Å². The first kappa shape index (κ1) is 14.7. The smallest absolute Gasteiger partial charge is 0.356 e. The van der Waals surface area contributed by atoms with Crippen LogP contribution in [0.2, 0.25) is 0 Å². The van der Waals surface area contributed by atoms with Crippen LogP contribution in [0.1, 0.15) is 29.4 Å². The Hall–Kier alpha value is -2.18. The summed E-state index contributed by atoms with van der Waals surface area (Å²) in [4.78, 5) is 14.6. The number of alkyl halides is 3. The molecule has 0 unspecified atom stereocenters. The number of halogens is 3. The fourth-order valence-corrected chi connectivity index (χ4v) is 2.58. The molecule has 0 saturated carbocycles. The molecule has 0 bridgehead atoms. The molecular weight excluding hydrogens is 293 g/mol. The molecule has 1 atom stereocenters. The highest BCUT2D eigenvalue weighted by Crippen LogP contribution is 2.31. The Morgan fingerprint density at radius 3 is 2.64 bits per heavy atom. The molecule has 7 heteroatoms. The van der Waals surface area contributed by atoms with Crippen molar-refractivity contribution in [1.82, 2.24) is 15.0 Å². The third-order valence-corrected chi connectivity index (χ3v) is 3.77. The molecule has 0 amide bonds. The molecule has 3 rings (SSSR count). The van der Waals surface area contributed by atoms with E-state index in [1.807, 2.05) is 17.9 Å². The molecular formula is C15H15F3N4. The monoisotopic (exact) mass is 308 g/mol. The molecule has 1 fully saturated rings. The number of hydrogen-bond donors (Lipinski definition) is 0. The Balaban J connectivity index is 1.73. The number of rotatable bonds is 2. The van der Waals surface area contributed by atoms with E-state index in [1.54, 1.807) is 6.20 Å². The van der Waals surface area contributed by atoms with Crippen molar-refractivity contribution in [1.29, 1.82) is 0 Å². The Morgan fingerprint density at radius 1 is 1.18 bits per heavy atom. The fraction of sp³-hybridized carbons (Fsp3) is 0.400. The lowest BCUT2D eigenvalue weighted by atomic mass is 10.1. The fourth-order valence-electron chi connectivity index (χ4n) is 2.58. The zero-order chi connectivity index (χ0) is 15.7. The highest BCUT2D eigenvalue weighted by molar-refractivity contribution is 5.42. The van der Waals surface area contributed by atoms with E-state index < -0.39 is 11.7 Å². The van der Waals surface area contributed by atoms with Gasteiger partial charge >= 0.3 is 6.18 Å². The average Bonchev–Trinajstić information content (AvgIpc) is 2.96. The molecule has 4 nitrogen and oxygen atoms in total. The van der Waals surface area contributed by atoms with Crippen LogP contribution in [0.4, 0.5) is 19.0 Å². The molecule has 2 aromatic heterocycles. The van der Waals surface area contributed by atoms with Crippen LogP contribution >= 0.6 is 0 Å². The summed E-state index contributed by atoms with van der Waals surface area (Å²) in [6.45, 7) is 3.32. The number of nitrogens with zero attached hydrogens (tertiary/aromatic N) is 4. The van der Waals surface area contributed by atoms with Crippen molar-refractivity contribution in [3.63, 3.8) is 0 Å². The van der Waals surface area contributed by atoms with Crippen LogP contribution in [0.25, 0.3) is 0 Å². The largest absolute Gasteiger partial charge is 0.417 e. The first-order chi connectivity index (χ1) is 10.4. The Labute approximate surface area is 126 Å². The van der Waals surface area contributed by atoms with Gasteiger partial charge in [-0.15, -0.1) is 0 Å². The maximum Gasteiger partial charge on any atom is 0.417 e. The molecule has 0 N–H and O–H groups in total. The van der Waals surface area contributed by atoms with E-state index in [9.17, 15) is 13.2 Å². The van der Waals surface area contributed by atoms with Gasteiger partial charge in [0.1, 0.15) is 11.6 Å². The predicted octanol–water partition coefficient (Wildman–Crippen LogP) is 3.19. The molecule has 3 heterocycles. The number of aromatic nitrogens is 3. The normalized spacial score (nSPS) is 18.7. The van der Waals surface area contributed by atoms with Crippen LogP contribution in [-0.4, -0.2) is 28.0 Å². The summed E-state index contributed by atoms with van der Waals surface area (Å²) < 4.78 is 37.6. The second-order valence-corrected chi connectivity index (χ2v) is 5.39. The van der Waals surface area contributed by atoms with E-state index in [1.165, 1.54) is 6.07 Å². The van der Waals surface area contributed by atoms with Gasteiger partial charge in [-0.1, -0.05) is 0 Å². The number of hydrogen-bond acceptors (Lipinski definition) is 4. The van der Waals surface area contributed by atoms with E-state index in [0.717, 1.165) is 36.7 Å². The molecule has 1 aliphatic heterocycles. The molecule has 0 spiro atoms. The minimum absolute atomic E-state index is 0.184. The lowest BCUT2D eigenvalue weighted by Crippen LogP contribution is -2.21. The quantitative estimate of drug-likeness (QED) is 0.854. The second kappa shape index (κ2) is 5.55. The van der Waals surface area contributed by atoms with Crippen LogP contribution in [0, 0.1) is 6.92 Å². The highest BCUT2D eigenvalue weighted by atomic mass is 19.4. The molecule has 1 aliphatic rings. The summed E-state index contributed by atoms with van der Waals surface area (Å²) in [7, 11) is 0. The Morgan fingerprint density at radius 2 is 2.00 bits per heavy atom. The van der Waals surface area contributed by atoms with Gasteiger partial charge in [-0.3, -0.25) is 0 Å². The minimum atomic E-state index is -4.35. The molecule has 1 saturated heterocycles. The van der Waals surface area contributed by atoms with Crippen molar-refractivity contribution in [3.05, 3.63) is 47.7 Å². The van der Waals surface area contributed by atoms with Gasteiger partial charge in [-0.25, -0.2) is 15.0 Å². The lowest BCUT2D eigenvalue weighted by molar-refractivity contribution is -0.137. The van der Waals surface area contributed by atoms with Crippen LogP contribution in [0.5, 0.6) is 0 Å². The van der Waals surface area contributed by atoms with Crippen LogP contribution in [0.3, 0.4) is 0 Å². The van der Waals surface area contributed by atoms with Crippen molar-refractivity contribution in [3.8, 4) is 0 Å². The number of aryl methyl sites for hydroxylation is 1. The molecule has 0 radical (unpaired) electrons. The van der Waals surface area contributed by atoms with Crippen molar-refractivity contribution in [2.75, 3.05) is 18.0 Å². The first-order valence-corrected chi connectivity index (χ1v) is 7.01. The predicted molar refractivity (Wildman–Crippen MR) is 75.6 cm³/mol. The van der Waals surface area contributed by atoms with Crippen molar-refractivity contribution in [2.45, 2.75) is 25.4 Å². The van der Waals surface area contributed by atoms with Crippen molar-refractivity contribution >= 4 is 5.82 Å². The first-order valence-electron chi connectivity index (χ1n) is 7.01. The number of anilines is 1. The van der Waals surface area contributed by atoms with Crippen LogP contribution < -0.4 is 4.90 Å². The van der Waals surface area contributed by atoms with E-state index in [4.69, 9.17) is 0 Å². The minimum Gasteiger partial charge on any atom is -0.356 e. The van der Waals surface area contributed by atoms with Gasteiger partial charge in [-0.05, 0) is 31.5 Å². The summed E-state index contributed by atoms with van der Waals surface area (Å²) in [5, 5.41) is 0. The van der Waals surface area contributed by atoms with Gasteiger partial charge in [0.15, 0.2) is 0 Å². The third kappa shape index (κ3) is 3.03. The zero-order valence-electron chi connectivity index (χ0n) is 12.0. The topological polar surface area (TPSA) is 41.9 Å². The maximum absolute atomic E-state index is 12.5. The van der Waals surface area contributed by atoms with Gasteiger partial charge in [0.25, 0.3) is 0 Å². The Kier molecular flexibility index (Phi) is 3.72. The van der Waals surface area contributed by atoms with E-state index >= 15 is 0 Å². The SMILES string of the molecule is Cc1ccnc([C@@H]2CCN(c3ccc(C(F)(F)F)cn3)C2)n1. The van der Waals surface area contributed by atoms with Gasteiger partial charge in [0, 0.05) is 37.1 Å². The highest BCUT2D eigenvalue weighted by Gasteiger charge is 2.32. The van der Waals surface area contributed by atoms with Crippen LogP contribution in [-0.2, 0) is 6.18 Å². The van der Waals surface area contributed by atoms with E-state index in [2.05, 4.69) is 15.0 Å². The zero-order valence-corrected chi connectivity index (χ0v) is 12.0. The van der Waals surface area contributed by atoms with Gasteiger partial charge in [0.05, 0.1) is 5.56 Å². The van der Waals surface area contributed by atoms with E-state index in [-0.39, 0.29) is 5.92 Å². The van der Waals surface area contributed by atoms with Gasteiger partial charge in [-0.2, -0.15) is 13.2 Å². The van der Waals surface area contributed by atoms with Gasteiger partial charge in [0.2, 0.25) is 0 Å². The van der Waals surface area contributed by atoms with Crippen LogP contribution in [0.15, 0.2) is 30.6 Å². The van der Waals surface area contributed by atoms with Gasteiger partial charge < -0.3 is 4.90 Å². The third-order valence-electron chi connectivity index (χ3n) is 3.77. The average molecular weight is 308 g/mol. The summed E-state index contributed by atoms with van der Waals surface area (Å²) in [6.07, 6.45) is -0.872. The number of pyridine rings is 1. The maximum atomic E-state index is 12.5. The summed E-state index contributed by atoms with van der Waals surface area (Å²) in [5.41, 5.74) is 0.185. The lowest BCUT2D eigenvalue weighted by Gasteiger charge is -2.18. The summed E-state index contributed by atoms with van der Waals surface area (Å²) >= 11 is 0. The summed E-state index contributed by atoms with van der Waals surface area (Å²) in [6, 6.07) is 4.33.